The minimum atomic E-state index is -0.543. The Labute approximate surface area is 138 Å². The Morgan fingerprint density at radius 3 is 2.35 bits per heavy atom. The van der Waals surface area contributed by atoms with E-state index in [0.717, 1.165) is 31.2 Å². The fourth-order valence-corrected chi connectivity index (χ4v) is 3.55. The van der Waals surface area contributed by atoms with Crippen molar-refractivity contribution < 1.29 is 9.59 Å². The van der Waals surface area contributed by atoms with Crippen molar-refractivity contribution in [2.24, 2.45) is 11.7 Å². The molecule has 1 atom stereocenters. The monoisotopic (exact) mass is 316 g/mol. The average molecular weight is 316 g/mol. The molecule has 4 heteroatoms. The number of Topliss-reactive ketones (excluding diaryl/α,β-unsaturated/α-hetero) is 1. The van der Waals surface area contributed by atoms with Gasteiger partial charge in [0, 0.05) is 0 Å². The number of nitrogens with one attached hydrogen (secondary N) is 1. The topological polar surface area (TPSA) is 72.2 Å². The van der Waals surface area contributed by atoms with Crippen molar-refractivity contribution in [3.05, 3.63) is 35.9 Å². The summed E-state index contributed by atoms with van der Waals surface area (Å²) in [5, 5.41) is 2.75. The van der Waals surface area contributed by atoms with Crippen LogP contribution in [-0.4, -0.2) is 24.3 Å². The van der Waals surface area contributed by atoms with Gasteiger partial charge >= 0.3 is 0 Å². The SMILES string of the molecule is CC(C)CC(N)C(=O)NCC(=O)C1(c2ccccc2)CCCC1. The molecule has 1 fully saturated rings. The van der Waals surface area contributed by atoms with E-state index in [2.05, 4.69) is 5.32 Å². The Kier molecular flexibility index (Phi) is 5.94. The summed E-state index contributed by atoms with van der Waals surface area (Å²) in [5.41, 5.74) is 6.52. The van der Waals surface area contributed by atoms with Crippen molar-refractivity contribution in [2.75, 3.05) is 6.54 Å². The fraction of sp³-hybridized carbons (Fsp3) is 0.579. The summed E-state index contributed by atoms with van der Waals surface area (Å²) in [4.78, 5) is 24.9. The minimum Gasteiger partial charge on any atom is -0.348 e. The normalized spacial score (nSPS) is 17.9. The van der Waals surface area contributed by atoms with Crippen LogP contribution in [0.2, 0.25) is 0 Å². The lowest BCUT2D eigenvalue weighted by molar-refractivity contribution is -0.128. The quantitative estimate of drug-likeness (QED) is 0.812. The van der Waals surface area contributed by atoms with E-state index in [1.807, 2.05) is 44.2 Å². The van der Waals surface area contributed by atoms with E-state index in [9.17, 15) is 9.59 Å². The van der Waals surface area contributed by atoms with Crippen LogP contribution in [0.4, 0.5) is 0 Å². The maximum Gasteiger partial charge on any atom is 0.237 e. The molecule has 1 aliphatic carbocycles. The number of ketones is 1. The van der Waals surface area contributed by atoms with Crippen molar-refractivity contribution in [3.8, 4) is 0 Å². The summed E-state index contributed by atoms with van der Waals surface area (Å²) in [6.45, 7) is 4.13. The Bertz CT molecular complexity index is 534. The first-order valence-corrected chi connectivity index (χ1v) is 8.58. The number of rotatable bonds is 7. The van der Waals surface area contributed by atoms with E-state index < -0.39 is 11.5 Å². The maximum absolute atomic E-state index is 12.9. The molecule has 1 unspecified atom stereocenters. The molecule has 23 heavy (non-hydrogen) atoms. The maximum atomic E-state index is 12.9. The third-order valence-electron chi connectivity index (χ3n) is 4.80. The zero-order chi connectivity index (χ0) is 16.9. The Hall–Kier alpha value is -1.68. The number of amides is 1. The summed E-state index contributed by atoms with van der Waals surface area (Å²) in [7, 11) is 0. The third kappa shape index (κ3) is 4.20. The second-order valence-electron chi connectivity index (χ2n) is 7.03. The number of benzene rings is 1. The standard InChI is InChI=1S/C19H28N2O2/c1-14(2)12-16(20)18(23)21-13-17(22)19(10-6-7-11-19)15-8-4-3-5-9-15/h3-5,8-9,14,16H,6-7,10-13,20H2,1-2H3,(H,21,23). The van der Waals surface area contributed by atoms with E-state index in [0.29, 0.717) is 12.3 Å². The first-order valence-electron chi connectivity index (χ1n) is 8.58. The van der Waals surface area contributed by atoms with Gasteiger partial charge in [0.05, 0.1) is 18.0 Å². The van der Waals surface area contributed by atoms with Gasteiger partial charge in [-0.3, -0.25) is 9.59 Å². The van der Waals surface area contributed by atoms with E-state index in [1.54, 1.807) is 0 Å². The van der Waals surface area contributed by atoms with Crippen LogP contribution in [0.15, 0.2) is 30.3 Å². The Morgan fingerprint density at radius 2 is 1.78 bits per heavy atom. The summed E-state index contributed by atoms with van der Waals surface area (Å²) in [6.07, 6.45) is 4.47. The van der Waals surface area contributed by atoms with Crippen molar-refractivity contribution in [2.45, 2.75) is 57.4 Å². The molecule has 0 radical (unpaired) electrons. The second-order valence-corrected chi connectivity index (χ2v) is 7.03. The number of carbonyl (C=O) groups is 2. The van der Waals surface area contributed by atoms with Crippen LogP contribution in [0.3, 0.4) is 0 Å². The summed E-state index contributed by atoms with van der Waals surface area (Å²) in [5.74, 6) is 0.233. The van der Waals surface area contributed by atoms with Crippen LogP contribution in [0.25, 0.3) is 0 Å². The Balaban J connectivity index is 2.02. The number of hydrogen-bond donors (Lipinski definition) is 2. The molecule has 1 amide bonds. The molecule has 2 rings (SSSR count). The molecule has 0 bridgehead atoms. The van der Waals surface area contributed by atoms with Crippen LogP contribution in [0.1, 0.15) is 51.5 Å². The van der Waals surface area contributed by atoms with Gasteiger partial charge in [-0.25, -0.2) is 0 Å². The smallest absolute Gasteiger partial charge is 0.237 e. The third-order valence-corrected chi connectivity index (χ3v) is 4.80. The summed E-state index contributed by atoms with van der Waals surface area (Å²) in [6, 6.07) is 9.41. The fourth-order valence-electron chi connectivity index (χ4n) is 3.55. The van der Waals surface area contributed by atoms with E-state index in [4.69, 9.17) is 5.73 Å². The minimum absolute atomic E-state index is 0.0690. The van der Waals surface area contributed by atoms with Crippen LogP contribution >= 0.6 is 0 Å². The van der Waals surface area contributed by atoms with Crippen molar-refractivity contribution in [1.29, 1.82) is 0 Å². The highest BCUT2D eigenvalue weighted by Gasteiger charge is 2.42. The van der Waals surface area contributed by atoms with Gasteiger partial charge < -0.3 is 11.1 Å². The number of hydrogen-bond acceptors (Lipinski definition) is 3. The highest BCUT2D eigenvalue weighted by atomic mass is 16.2. The van der Waals surface area contributed by atoms with Gasteiger partial charge in [0.2, 0.25) is 5.91 Å². The van der Waals surface area contributed by atoms with Gasteiger partial charge in [-0.1, -0.05) is 57.0 Å². The van der Waals surface area contributed by atoms with E-state index >= 15 is 0 Å². The molecule has 0 spiro atoms. The van der Waals surface area contributed by atoms with Gasteiger partial charge in [0.1, 0.15) is 0 Å². The van der Waals surface area contributed by atoms with E-state index in [-0.39, 0.29) is 18.2 Å². The summed E-state index contributed by atoms with van der Waals surface area (Å²) < 4.78 is 0. The Morgan fingerprint density at radius 1 is 1.17 bits per heavy atom. The molecule has 0 aromatic heterocycles. The highest BCUT2D eigenvalue weighted by Crippen LogP contribution is 2.41. The van der Waals surface area contributed by atoms with Crippen molar-refractivity contribution >= 4 is 11.7 Å². The lowest BCUT2D eigenvalue weighted by Gasteiger charge is -2.28. The van der Waals surface area contributed by atoms with Gasteiger partial charge in [-0.05, 0) is 30.7 Å². The molecule has 126 valence electrons. The lowest BCUT2D eigenvalue weighted by Crippen LogP contribution is -2.47. The molecule has 1 aromatic carbocycles. The van der Waals surface area contributed by atoms with E-state index in [1.165, 1.54) is 0 Å². The molecule has 0 heterocycles. The number of nitrogens with two attached hydrogens (primary N) is 1. The lowest BCUT2D eigenvalue weighted by atomic mass is 9.75. The second kappa shape index (κ2) is 7.73. The molecular weight excluding hydrogens is 288 g/mol. The van der Waals surface area contributed by atoms with Crippen LogP contribution in [0.5, 0.6) is 0 Å². The molecule has 0 saturated heterocycles. The van der Waals surface area contributed by atoms with Gasteiger partial charge in [-0.2, -0.15) is 0 Å². The predicted molar refractivity (Wildman–Crippen MR) is 92.0 cm³/mol. The molecule has 1 saturated carbocycles. The summed E-state index contributed by atoms with van der Waals surface area (Å²) >= 11 is 0. The zero-order valence-corrected chi connectivity index (χ0v) is 14.2. The molecular formula is C19H28N2O2. The zero-order valence-electron chi connectivity index (χ0n) is 14.2. The van der Waals surface area contributed by atoms with Gasteiger partial charge in [-0.15, -0.1) is 0 Å². The molecule has 1 aromatic rings. The highest BCUT2D eigenvalue weighted by molar-refractivity contribution is 5.95. The largest absolute Gasteiger partial charge is 0.348 e. The van der Waals surface area contributed by atoms with Crippen molar-refractivity contribution in [3.63, 3.8) is 0 Å². The average Bonchev–Trinajstić information content (AvgIpc) is 3.03. The molecule has 0 aliphatic heterocycles. The molecule has 1 aliphatic rings. The van der Waals surface area contributed by atoms with Crippen LogP contribution in [0, 0.1) is 5.92 Å². The molecule has 4 nitrogen and oxygen atoms in total. The first kappa shape index (κ1) is 17.7. The first-order chi connectivity index (χ1) is 11.0. The predicted octanol–water partition coefficient (Wildman–Crippen LogP) is 2.56. The number of carbonyl (C=O) groups excluding carboxylic acids is 2. The van der Waals surface area contributed by atoms with Crippen LogP contribution < -0.4 is 11.1 Å². The van der Waals surface area contributed by atoms with Crippen molar-refractivity contribution in [1.82, 2.24) is 5.32 Å². The van der Waals surface area contributed by atoms with Gasteiger partial charge in [0.15, 0.2) is 5.78 Å². The van der Waals surface area contributed by atoms with Gasteiger partial charge in [0.25, 0.3) is 0 Å². The van der Waals surface area contributed by atoms with Crippen LogP contribution in [-0.2, 0) is 15.0 Å². The molecule has 3 N–H and O–H groups in total.